The Morgan fingerprint density at radius 3 is 2.78 bits per heavy atom. The average molecular weight is 377 g/mol. The fraction of sp³-hybridized carbons (Fsp3) is 0.737. The van der Waals surface area contributed by atoms with E-state index in [0.29, 0.717) is 25.6 Å². The second-order valence-electron chi connectivity index (χ2n) is 7.91. The Labute approximate surface area is 161 Å². The maximum absolute atomic E-state index is 12.3. The van der Waals surface area contributed by atoms with Crippen molar-refractivity contribution in [3.8, 4) is 0 Å². The van der Waals surface area contributed by atoms with Crippen molar-refractivity contribution in [2.45, 2.75) is 57.8 Å². The number of aryl methyl sites for hydroxylation is 1. The minimum absolute atomic E-state index is 0.0242. The molecule has 3 rings (SSSR count). The maximum Gasteiger partial charge on any atom is 0.319 e. The molecule has 8 heteroatoms. The Morgan fingerprint density at radius 1 is 1.22 bits per heavy atom. The molecule has 8 nitrogen and oxygen atoms in total. The minimum atomic E-state index is 0.0242. The highest BCUT2D eigenvalue weighted by molar-refractivity contribution is 5.76. The first-order valence-electron chi connectivity index (χ1n) is 9.93. The molecule has 1 fully saturated rings. The fourth-order valence-electron chi connectivity index (χ4n) is 3.93. The van der Waals surface area contributed by atoms with Crippen molar-refractivity contribution < 1.29 is 9.59 Å². The van der Waals surface area contributed by atoms with Crippen LogP contribution < -0.4 is 5.32 Å². The molecular weight excluding hydrogens is 344 g/mol. The smallest absolute Gasteiger partial charge is 0.319 e. The van der Waals surface area contributed by atoms with Crippen molar-refractivity contribution in [2.24, 2.45) is 0 Å². The van der Waals surface area contributed by atoms with E-state index in [-0.39, 0.29) is 11.9 Å². The third kappa shape index (κ3) is 5.00. The van der Waals surface area contributed by atoms with Gasteiger partial charge in [0.2, 0.25) is 5.91 Å². The maximum atomic E-state index is 12.3. The summed E-state index contributed by atoms with van der Waals surface area (Å²) in [5, 5.41) is 7.64. The number of nitrogens with zero attached hydrogens (tertiary/aromatic N) is 5. The van der Waals surface area contributed by atoms with E-state index in [2.05, 4.69) is 22.4 Å². The first-order chi connectivity index (χ1) is 12.9. The molecule has 1 atom stereocenters. The lowest BCUT2D eigenvalue weighted by Crippen LogP contribution is -2.40. The van der Waals surface area contributed by atoms with Gasteiger partial charge in [0.05, 0.1) is 24.5 Å². The normalized spacial score (nSPS) is 20.7. The number of rotatable bonds is 4. The first-order valence-corrected chi connectivity index (χ1v) is 9.93. The van der Waals surface area contributed by atoms with E-state index in [4.69, 9.17) is 0 Å². The zero-order valence-corrected chi connectivity index (χ0v) is 16.8. The summed E-state index contributed by atoms with van der Waals surface area (Å²) in [6.07, 6.45) is 4.96. The van der Waals surface area contributed by atoms with E-state index in [9.17, 15) is 9.59 Å². The van der Waals surface area contributed by atoms with E-state index in [1.54, 1.807) is 19.0 Å². The summed E-state index contributed by atoms with van der Waals surface area (Å²) in [4.78, 5) is 30.3. The van der Waals surface area contributed by atoms with E-state index < -0.39 is 0 Å². The van der Waals surface area contributed by atoms with Gasteiger partial charge in [0.15, 0.2) is 0 Å². The second kappa shape index (κ2) is 8.73. The quantitative estimate of drug-likeness (QED) is 0.859. The lowest BCUT2D eigenvalue weighted by atomic mass is 10.00. The van der Waals surface area contributed by atoms with Crippen LogP contribution in [0.5, 0.6) is 0 Å². The molecule has 150 valence electrons. The molecule has 3 amide bonds. The van der Waals surface area contributed by atoms with Crippen LogP contribution in [0.4, 0.5) is 4.79 Å². The number of nitrogens with one attached hydrogen (secondary N) is 1. The Morgan fingerprint density at radius 2 is 2.04 bits per heavy atom. The molecule has 0 spiro atoms. The highest BCUT2D eigenvalue weighted by atomic mass is 16.2. The molecule has 0 aliphatic carbocycles. The van der Waals surface area contributed by atoms with Crippen molar-refractivity contribution in [1.29, 1.82) is 0 Å². The SMILES string of the molecule is CN(C)C(=O)N1CCCn2nc(CNC(=O)C[C@@H]3CCCCN3C)cc2C1. The van der Waals surface area contributed by atoms with Crippen LogP contribution in [0.2, 0.25) is 0 Å². The average Bonchev–Trinajstić information content (AvgIpc) is 2.91. The number of hydrogen-bond acceptors (Lipinski definition) is 4. The number of amides is 3. The molecule has 0 bridgehead atoms. The van der Waals surface area contributed by atoms with Crippen LogP contribution in [0.15, 0.2) is 6.07 Å². The summed E-state index contributed by atoms with van der Waals surface area (Å²) in [5.41, 5.74) is 1.88. The summed E-state index contributed by atoms with van der Waals surface area (Å²) >= 11 is 0. The molecule has 2 aliphatic heterocycles. The van der Waals surface area contributed by atoms with Gasteiger partial charge in [0, 0.05) is 39.6 Å². The number of piperidine rings is 1. The van der Waals surface area contributed by atoms with E-state index in [1.165, 1.54) is 12.8 Å². The van der Waals surface area contributed by atoms with Gasteiger partial charge in [-0.25, -0.2) is 4.79 Å². The zero-order valence-electron chi connectivity index (χ0n) is 16.8. The Kier molecular flexibility index (Phi) is 6.36. The third-order valence-corrected chi connectivity index (χ3v) is 5.53. The van der Waals surface area contributed by atoms with Gasteiger partial charge in [-0.1, -0.05) is 6.42 Å². The Bertz CT molecular complexity index is 671. The molecule has 0 unspecified atom stereocenters. The number of aromatic nitrogens is 2. The monoisotopic (exact) mass is 376 g/mol. The van der Waals surface area contributed by atoms with Crippen LogP contribution in [-0.2, 0) is 24.4 Å². The summed E-state index contributed by atoms with van der Waals surface area (Å²) in [6, 6.07) is 2.38. The summed E-state index contributed by atoms with van der Waals surface area (Å²) in [6.45, 7) is 3.62. The Hall–Kier alpha value is -2.09. The van der Waals surface area contributed by atoms with Crippen molar-refractivity contribution >= 4 is 11.9 Å². The molecule has 0 aromatic carbocycles. The predicted octanol–water partition coefficient (Wildman–Crippen LogP) is 1.26. The topological polar surface area (TPSA) is 73.7 Å². The van der Waals surface area contributed by atoms with Gasteiger partial charge in [-0.05, 0) is 38.9 Å². The van der Waals surface area contributed by atoms with E-state index >= 15 is 0 Å². The van der Waals surface area contributed by atoms with Crippen molar-refractivity contribution in [1.82, 2.24) is 29.8 Å². The number of carbonyl (C=O) groups excluding carboxylic acids is 2. The first kappa shape index (κ1) is 19.7. The van der Waals surface area contributed by atoms with Gasteiger partial charge >= 0.3 is 6.03 Å². The molecular formula is C19H32N6O2. The highest BCUT2D eigenvalue weighted by Gasteiger charge is 2.23. The van der Waals surface area contributed by atoms with Crippen molar-refractivity contribution in [2.75, 3.05) is 34.2 Å². The van der Waals surface area contributed by atoms with Crippen LogP contribution in [0.3, 0.4) is 0 Å². The second-order valence-corrected chi connectivity index (χ2v) is 7.91. The summed E-state index contributed by atoms with van der Waals surface area (Å²) < 4.78 is 1.97. The molecule has 27 heavy (non-hydrogen) atoms. The molecule has 2 aliphatic rings. The largest absolute Gasteiger partial charge is 0.350 e. The van der Waals surface area contributed by atoms with Gasteiger partial charge in [-0.15, -0.1) is 0 Å². The fourth-order valence-corrected chi connectivity index (χ4v) is 3.93. The van der Waals surface area contributed by atoms with Crippen LogP contribution >= 0.6 is 0 Å². The lowest BCUT2D eigenvalue weighted by Gasteiger charge is -2.31. The molecule has 0 saturated carbocycles. The molecule has 1 saturated heterocycles. The number of likely N-dealkylation sites (tertiary alicyclic amines) is 1. The predicted molar refractivity (Wildman–Crippen MR) is 103 cm³/mol. The molecule has 0 radical (unpaired) electrons. The third-order valence-electron chi connectivity index (χ3n) is 5.53. The van der Waals surface area contributed by atoms with Crippen LogP contribution in [-0.4, -0.2) is 76.7 Å². The van der Waals surface area contributed by atoms with Gasteiger partial charge in [0.1, 0.15) is 0 Å². The van der Waals surface area contributed by atoms with E-state index in [1.807, 2.05) is 15.6 Å². The number of fused-ring (bicyclic) bond motifs is 1. The van der Waals surface area contributed by atoms with Crippen LogP contribution in [0.1, 0.15) is 43.5 Å². The van der Waals surface area contributed by atoms with Crippen LogP contribution in [0, 0.1) is 0 Å². The highest BCUT2D eigenvalue weighted by Crippen LogP contribution is 2.18. The molecule has 3 heterocycles. The van der Waals surface area contributed by atoms with Gasteiger partial charge < -0.3 is 20.0 Å². The Balaban J connectivity index is 1.54. The molecule has 1 N–H and O–H groups in total. The van der Waals surface area contributed by atoms with Crippen molar-refractivity contribution in [3.63, 3.8) is 0 Å². The number of hydrogen-bond donors (Lipinski definition) is 1. The summed E-state index contributed by atoms with van der Waals surface area (Å²) in [5.74, 6) is 0.0846. The number of carbonyl (C=O) groups is 2. The van der Waals surface area contributed by atoms with Crippen molar-refractivity contribution in [3.05, 3.63) is 17.5 Å². The van der Waals surface area contributed by atoms with Gasteiger partial charge in [-0.3, -0.25) is 9.48 Å². The zero-order chi connectivity index (χ0) is 19.4. The molecule has 1 aromatic heterocycles. The van der Waals surface area contributed by atoms with Crippen LogP contribution in [0.25, 0.3) is 0 Å². The number of urea groups is 1. The van der Waals surface area contributed by atoms with Gasteiger partial charge in [-0.2, -0.15) is 5.10 Å². The van der Waals surface area contributed by atoms with Gasteiger partial charge in [0.25, 0.3) is 0 Å². The minimum Gasteiger partial charge on any atom is -0.350 e. The van der Waals surface area contributed by atoms with E-state index in [0.717, 1.165) is 43.9 Å². The summed E-state index contributed by atoms with van der Waals surface area (Å²) in [7, 11) is 5.65. The standard InChI is InChI=1S/C19H32N6O2/c1-22(2)19(27)24-9-6-10-25-17(14-24)11-15(21-25)13-20-18(26)12-16-7-4-5-8-23(16)3/h11,16H,4-10,12-14H2,1-3H3,(H,20,26)/t16-/m0/s1. The molecule has 1 aromatic rings. The lowest BCUT2D eigenvalue weighted by molar-refractivity contribution is -0.122.